The number of nitrogens with one attached hydrogen (secondary N) is 2. The predicted octanol–water partition coefficient (Wildman–Crippen LogP) is 6.82. The highest BCUT2D eigenvalue weighted by molar-refractivity contribution is 6.41. The second-order valence-corrected chi connectivity index (χ2v) is 9.65. The first-order valence-electron chi connectivity index (χ1n) is 12.5. The van der Waals surface area contributed by atoms with Gasteiger partial charge in [0.1, 0.15) is 17.3 Å². The Kier molecular flexibility index (Phi) is 7.83. The minimum absolute atomic E-state index is 0.197. The third-order valence-corrected chi connectivity index (χ3v) is 7.37. The van der Waals surface area contributed by atoms with Gasteiger partial charge < -0.3 is 24.7 Å². The molecular weight excluding hydrogens is 565 g/mol. The number of hydrogen-bond donors (Lipinski definition) is 2. The molecule has 9 nitrogen and oxygen atoms in total. The van der Waals surface area contributed by atoms with E-state index in [0.29, 0.717) is 51.7 Å². The molecule has 0 bridgehead atoms. The second-order valence-electron chi connectivity index (χ2n) is 8.90. The van der Waals surface area contributed by atoms with Crippen molar-refractivity contribution in [3.63, 3.8) is 0 Å². The second kappa shape index (κ2) is 11.5. The quantitative estimate of drug-likeness (QED) is 0.191. The SMILES string of the molecule is C=CC(=O)Nc1ccc2ncccc2c1Nc1cc2c(cn1)cc(-c1c(Cl)c(OC)cc(OC)c1Cl)c(=O)n2CC. The number of carbonyl (C=O) groups is 1. The van der Waals surface area contributed by atoms with E-state index in [0.717, 1.165) is 10.9 Å². The average Bonchev–Trinajstić information content (AvgIpc) is 2.98. The molecule has 5 aromatic rings. The van der Waals surface area contributed by atoms with Crippen LogP contribution in [0, 0.1) is 0 Å². The molecule has 0 aliphatic heterocycles. The van der Waals surface area contributed by atoms with Crippen molar-refractivity contribution in [1.29, 1.82) is 0 Å². The van der Waals surface area contributed by atoms with E-state index in [-0.39, 0.29) is 27.1 Å². The minimum Gasteiger partial charge on any atom is -0.495 e. The summed E-state index contributed by atoms with van der Waals surface area (Å²) < 4.78 is 12.4. The number of benzene rings is 2. The monoisotopic (exact) mass is 589 g/mol. The Hall–Kier alpha value is -4.60. The Balaban J connectivity index is 1.68. The molecule has 11 heteroatoms. The Morgan fingerprint density at radius 3 is 2.46 bits per heavy atom. The lowest BCUT2D eigenvalue weighted by molar-refractivity contribution is -0.111. The summed E-state index contributed by atoms with van der Waals surface area (Å²) in [4.78, 5) is 35.0. The summed E-state index contributed by atoms with van der Waals surface area (Å²) in [5, 5.41) is 7.98. The van der Waals surface area contributed by atoms with Crippen molar-refractivity contribution in [2.24, 2.45) is 0 Å². The summed E-state index contributed by atoms with van der Waals surface area (Å²) in [6.07, 6.45) is 4.53. The lowest BCUT2D eigenvalue weighted by Crippen LogP contribution is -2.22. The van der Waals surface area contributed by atoms with Crippen LogP contribution < -0.4 is 25.7 Å². The summed E-state index contributed by atoms with van der Waals surface area (Å²) in [5.74, 6) is 0.747. The molecule has 3 aromatic heterocycles. The third kappa shape index (κ3) is 5.05. The number of amides is 1. The number of carbonyl (C=O) groups excluding carboxylic acids is 1. The highest BCUT2D eigenvalue weighted by Crippen LogP contribution is 2.45. The highest BCUT2D eigenvalue weighted by Gasteiger charge is 2.23. The van der Waals surface area contributed by atoms with Crippen molar-refractivity contribution in [3.05, 3.63) is 87.9 Å². The highest BCUT2D eigenvalue weighted by atomic mass is 35.5. The maximum Gasteiger partial charge on any atom is 0.259 e. The van der Waals surface area contributed by atoms with Crippen LogP contribution in [0.1, 0.15) is 6.92 Å². The van der Waals surface area contributed by atoms with Crippen molar-refractivity contribution in [2.75, 3.05) is 24.9 Å². The number of ether oxygens (including phenoxy) is 2. The van der Waals surface area contributed by atoms with E-state index in [9.17, 15) is 9.59 Å². The van der Waals surface area contributed by atoms with E-state index in [4.69, 9.17) is 32.7 Å². The lowest BCUT2D eigenvalue weighted by Gasteiger charge is -2.18. The molecule has 0 saturated heterocycles. The number of halogens is 2. The van der Waals surface area contributed by atoms with Gasteiger partial charge in [-0.25, -0.2) is 4.98 Å². The van der Waals surface area contributed by atoms with Crippen molar-refractivity contribution >= 4 is 68.1 Å². The Bertz CT molecular complexity index is 1880. The smallest absolute Gasteiger partial charge is 0.259 e. The van der Waals surface area contributed by atoms with Gasteiger partial charge in [-0.2, -0.15) is 0 Å². The van der Waals surface area contributed by atoms with E-state index in [1.54, 1.807) is 47.3 Å². The number of rotatable bonds is 8. The Morgan fingerprint density at radius 1 is 1.07 bits per heavy atom. The molecule has 41 heavy (non-hydrogen) atoms. The van der Waals surface area contributed by atoms with Gasteiger partial charge in [0, 0.05) is 47.4 Å². The van der Waals surface area contributed by atoms with Gasteiger partial charge in [-0.05, 0) is 43.3 Å². The van der Waals surface area contributed by atoms with Crippen molar-refractivity contribution in [3.8, 4) is 22.6 Å². The number of aromatic nitrogens is 3. The average molecular weight is 590 g/mol. The summed E-state index contributed by atoms with van der Waals surface area (Å²) >= 11 is 13.3. The van der Waals surface area contributed by atoms with Gasteiger partial charge in [-0.15, -0.1) is 0 Å². The number of hydrogen-bond acceptors (Lipinski definition) is 7. The fraction of sp³-hybridized carbons (Fsp3) is 0.133. The van der Waals surface area contributed by atoms with Crippen molar-refractivity contribution < 1.29 is 14.3 Å². The molecule has 2 aromatic carbocycles. The fourth-order valence-corrected chi connectivity index (χ4v) is 5.36. The number of fused-ring (bicyclic) bond motifs is 2. The predicted molar refractivity (Wildman–Crippen MR) is 164 cm³/mol. The normalized spacial score (nSPS) is 11.0. The first kappa shape index (κ1) is 27.9. The number of methoxy groups -OCH3 is 2. The van der Waals surface area contributed by atoms with Crippen LogP contribution in [0.5, 0.6) is 11.5 Å². The van der Waals surface area contributed by atoms with Crippen LogP contribution in [0.4, 0.5) is 17.2 Å². The van der Waals surface area contributed by atoms with E-state index in [1.807, 2.05) is 19.1 Å². The molecule has 0 aliphatic carbocycles. The van der Waals surface area contributed by atoms with Gasteiger partial charge in [0.15, 0.2) is 0 Å². The Morgan fingerprint density at radius 2 is 1.80 bits per heavy atom. The number of anilines is 3. The van der Waals surface area contributed by atoms with Gasteiger partial charge in [0.2, 0.25) is 5.91 Å². The van der Waals surface area contributed by atoms with E-state index < -0.39 is 0 Å². The van der Waals surface area contributed by atoms with E-state index >= 15 is 0 Å². The maximum absolute atomic E-state index is 13.8. The number of nitrogens with zero attached hydrogens (tertiary/aromatic N) is 3. The summed E-state index contributed by atoms with van der Waals surface area (Å²) in [6.45, 7) is 5.76. The van der Waals surface area contributed by atoms with Crippen LogP contribution in [0.25, 0.3) is 32.9 Å². The summed E-state index contributed by atoms with van der Waals surface area (Å²) in [5.41, 5.74) is 2.78. The molecule has 2 N–H and O–H groups in total. The van der Waals surface area contributed by atoms with Crippen LogP contribution in [0.2, 0.25) is 10.0 Å². The molecular formula is C30H25Cl2N5O4. The first-order chi connectivity index (χ1) is 19.8. The van der Waals surface area contributed by atoms with Crippen LogP contribution in [-0.4, -0.2) is 34.7 Å². The van der Waals surface area contributed by atoms with Crippen molar-refractivity contribution in [2.45, 2.75) is 13.5 Å². The molecule has 3 heterocycles. The van der Waals surface area contributed by atoms with Gasteiger partial charge in [-0.1, -0.05) is 29.8 Å². The maximum atomic E-state index is 13.8. The number of aryl methyl sites for hydroxylation is 1. The molecule has 5 rings (SSSR count). The molecule has 0 aliphatic rings. The number of pyridine rings is 3. The third-order valence-electron chi connectivity index (χ3n) is 6.62. The molecule has 0 atom stereocenters. The van der Waals surface area contributed by atoms with Crippen molar-refractivity contribution in [1.82, 2.24) is 14.5 Å². The zero-order valence-corrected chi connectivity index (χ0v) is 23.9. The standard InChI is InChI=1S/C30H25Cl2N5O4/c1-5-25(38)35-20-10-9-19-17(8-7-11-33-19)29(20)36-24-13-21-16(15-34-24)12-18(30(39)37(21)6-2)26-27(31)22(40-3)14-23(41-4)28(26)32/h5,7-15H,1,6H2,2-4H3,(H,34,36)(H,35,38). The largest absolute Gasteiger partial charge is 0.495 e. The van der Waals surface area contributed by atoms with Gasteiger partial charge in [0.05, 0.1) is 52.2 Å². The summed E-state index contributed by atoms with van der Waals surface area (Å²) in [7, 11) is 2.95. The Labute approximate surface area is 245 Å². The van der Waals surface area contributed by atoms with Crippen LogP contribution in [-0.2, 0) is 11.3 Å². The van der Waals surface area contributed by atoms with Crippen LogP contribution in [0.3, 0.4) is 0 Å². The van der Waals surface area contributed by atoms with Gasteiger partial charge >= 0.3 is 0 Å². The molecule has 0 fully saturated rings. The van der Waals surface area contributed by atoms with E-state index in [2.05, 4.69) is 27.2 Å². The van der Waals surface area contributed by atoms with Crippen LogP contribution >= 0.6 is 23.2 Å². The zero-order chi connectivity index (χ0) is 29.3. The molecule has 208 valence electrons. The zero-order valence-electron chi connectivity index (χ0n) is 22.4. The van der Waals surface area contributed by atoms with Crippen LogP contribution in [0.15, 0.2) is 72.3 Å². The lowest BCUT2D eigenvalue weighted by atomic mass is 10.0. The van der Waals surface area contributed by atoms with E-state index in [1.165, 1.54) is 20.3 Å². The minimum atomic E-state index is -0.360. The first-order valence-corrected chi connectivity index (χ1v) is 13.3. The molecule has 0 unspecified atom stereocenters. The fourth-order valence-electron chi connectivity index (χ4n) is 4.66. The van der Waals surface area contributed by atoms with Gasteiger partial charge in [-0.3, -0.25) is 14.6 Å². The molecule has 1 amide bonds. The molecule has 0 radical (unpaired) electrons. The molecule has 0 spiro atoms. The molecule has 0 saturated carbocycles. The topological polar surface area (TPSA) is 107 Å². The summed E-state index contributed by atoms with van der Waals surface area (Å²) in [6, 6.07) is 12.3. The van der Waals surface area contributed by atoms with Gasteiger partial charge in [0.25, 0.3) is 5.56 Å².